The molecule has 6 heteroatoms. The van der Waals surface area contributed by atoms with Crippen LogP contribution in [0.4, 0.5) is 9.18 Å². The standard InChI is InChI=1S/C22H14ClFN2O2/c23-17-7-3-14(4-8-17)1-2-15-11-12-25-19(13-15)20-21(28-22(27)26-20)16-5-9-18(24)10-6-16/h3-13,20-21H,(H,26,27)/t20-,21-/m0/s1. The number of cyclic esters (lactones) is 1. The van der Waals surface area contributed by atoms with Crippen molar-refractivity contribution in [3.63, 3.8) is 0 Å². The number of aromatic nitrogens is 1. The summed E-state index contributed by atoms with van der Waals surface area (Å²) in [6, 6.07) is 16.2. The third-order valence-electron chi connectivity index (χ3n) is 4.30. The summed E-state index contributed by atoms with van der Waals surface area (Å²) in [6.07, 6.45) is 0.492. The number of nitrogens with zero attached hydrogens (tertiary/aromatic N) is 1. The lowest BCUT2D eigenvalue weighted by molar-refractivity contribution is 0.132. The van der Waals surface area contributed by atoms with Crippen LogP contribution >= 0.6 is 11.6 Å². The summed E-state index contributed by atoms with van der Waals surface area (Å²) in [7, 11) is 0. The summed E-state index contributed by atoms with van der Waals surface area (Å²) in [5, 5.41) is 3.41. The second-order valence-corrected chi connectivity index (χ2v) is 6.66. The molecule has 1 saturated heterocycles. The van der Waals surface area contributed by atoms with E-state index in [1.54, 1.807) is 42.6 Å². The van der Waals surface area contributed by atoms with Gasteiger partial charge < -0.3 is 10.1 Å². The van der Waals surface area contributed by atoms with Crippen molar-refractivity contribution >= 4 is 17.7 Å². The Hall–Kier alpha value is -3.36. The van der Waals surface area contributed by atoms with E-state index in [4.69, 9.17) is 16.3 Å². The van der Waals surface area contributed by atoms with Gasteiger partial charge >= 0.3 is 6.09 Å². The van der Waals surface area contributed by atoms with Gasteiger partial charge in [-0.25, -0.2) is 9.18 Å². The molecule has 1 fully saturated rings. The fraction of sp³-hybridized carbons (Fsp3) is 0.0909. The normalized spacial score (nSPS) is 18.0. The largest absolute Gasteiger partial charge is 0.439 e. The first-order valence-corrected chi connectivity index (χ1v) is 8.92. The highest BCUT2D eigenvalue weighted by Gasteiger charge is 2.37. The lowest BCUT2D eigenvalue weighted by Gasteiger charge is -2.17. The number of pyridine rings is 1. The summed E-state index contributed by atoms with van der Waals surface area (Å²) in [5.41, 5.74) is 2.88. The minimum Gasteiger partial charge on any atom is -0.439 e. The molecule has 28 heavy (non-hydrogen) atoms. The van der Waals surface area contributed by atoms with Gasteiger partial charge in [-0.2, -0.15) is 0 Å². The van der Waals surface area contributed by atoms with E-state index in [0.717, 1.165) is 11.1 Å². The van der Waals surface area contributed by atoms with Gasteiger partial charge in [0, 0.05) is 22.3 Å². The fourth-order valence-electron chi connectivity index (χ4n) is 2.94. The molecular formula is C22H14ClFN2O2. The molecule has 0 saturated carbocycles. The zero-order valence-electron chi connectivity index (χ0n) is 14.5. The zero-order chi connectivity index (χ0) is 19.5. The van der Waals surface area contributed by atoms with Gasteiger partial charge in [-0.3, -0.25) is 4.98 Å². The van der Waals surface area contributed by atoms with E-state index in [9.17, 15) is 9.18 Å². The Morgan fingerprint density at radius 1 is 1.00 bits per heavy atom. The number of hydrogen-bond acceptors (Lipinski definition) is 3. The maximum Gasteiger partial charge on any atom is 0.408 e. The molecule has 3 aromatic rings. The quantitative estimate of drug-likeness (QED) is 0.637. The summed E-state index contributed by atoms with van der Waals surface area (Å²) in [4.78, 5) is 16.2. The molecule has 2 aromatic carbocycles. The molecule has 0 bridgehead atoms. The first kappa shape index (κ1) is 18.0. The molecule has 0 spiro atoms. The second-order valence-electron chi connectivity index (χ2n) is 6.23. The van der Waals surface area contributed by atoms with Crippen molar-refractivity contribution in [3.05, 3.63) is 100 Å². The van der Waals surface area contributed by atoms with Gasteiger partial charge in [0.25, 0.3) is 0 Å². The molecule has 1 N–H and O–H groups in total. The van der Waals surface area contributed by atoms with Gasteiger partial charge in [0.1, 0.15) is 11.9 Å². The Morgan fingerprint density at radius 2 is 1.71 bits per heavy atom. The zero-order valence-corrected chi connectivity index (χ0v) is 15.3. The van der Waals surface area contributed by atoms with E-state index in [0.29, 0.717) is 16.3 Å². The van der Waals surface area contributed by atoms with Crippen LogP contribution in [0.25, 0.3) is 0 Å². The van der Waals surface area contributed by atoms with E-state index in [-0.39, 0.29) is 5.82 Å². The molecule has 1 aromatic heterocycles. The summed E-state index contributed by atoms with van der Waals surface area (Å²) in [6.45, 7) is 0. The van der Waals surface area contributed by atoms with Crippen LogP contribution in [-0.4, -0.2) is 11.1 Å². The highest BCUT2D eigenvalue weighted by Crippen LogP contribution is 2.36. The highest BCUT2D eigenvalue weighted by atomic mass is 35.5. The molecule has 1 amide bonds. The van der Waals surface area contributed by atoms with Crippen molar-refractivity contribution in [1.82, 2.24) is 10.3 Å². The van der Waals surface area contributed by atoms with Crippen molar-refractivity contribution in [2.24, 2.45) is 0 Å². The average molecular weight is 393 g/mol. The van der Waals surface area contributed by atoms with Crippen molar-refractivity contribution < 1.29 is 13.9 Å². The molecule has 0 radical (unpaired) electrons. The predicted molar refractivity (Wildman–Crippen MR) is 103 cm³/mol. The molecular weight excluding hydrogens is 379 g/mol. The molecule has 0 unspecified atom stereocenters. The number of hydrogen-bond donors (Lipinski definition) is 1. The van der Waals surface area contributed by atoms with E-state index >= 15 is 0 Å². The first-order chi connectivity index (χ1) is 13.6. The Labute approximate surface area is 166 Å². The number of alkyl carbamates (subject to hydrolysis) is 1. The number of halogens is 2. The third kappa shape index (κ3) is 3.98. The number of amides is 1. The van der Waals surface area contributed by atoms with Gasteiger partial charge in [0.2, 0.25) is 0 Å². The van der Waals surface area contributed by atoms with Crippen molar-refractivity contribution in [2.75, 3.05) is 0 Å². The predicted octanol–water partition coefficient (Wildman–Crippen LogP) is 4.80. The fourth-order valence-corrected chi connectivity index (χ4v) is 3.06. The van der Waals surface area contributed by atoms with Crippen molar-refractivity contribution in [3.8, 4) is 11.8 Å². The van der Waals surface area contributed by atoms with Crippen LogP contribution in [0.2, 0.25) is 5.02 Å². The van der Waals surface area contributed by atoms with Crippen LogP contribution in [0.15, 0.2) is 66.9 Å². The van der Waals surface area contributed by atoms with Crippen LogP contribution in [0, 0.1) is 17.7 Å². The number of carbonyl (C=O) groups excluding carboxylic acids is 1. The Kier molecular flexibility index (Phi) is 4.96. The van der Waals surface area contributed by atoms with Crippen molar-refractivity contribution in [2.45, 2.75) is 12.1 Å². The molecule has 2 atom stereocenters. The SMILES string of the molecule is O=C1N[C@@H](c2cc(C#Cc3ccc(Cl)cc3)ccn2)[C@H](c2ccc(F)cc2)O1. The molecule has 2 heterocycles. The van der Waals surface area contributed by atoms with Gasteiger partial charge in [-0.1, -0.05) is 35.6 Å². The summed E-state index contributed by atoms with van der Waals surface area (Å²) in [5.74, 6) is 5.80. The van der Waals surface area contributed by atoms with Crippen LogP contribution in [-0.2, 0) is 4.74 Å². The van der Waals surface area contributed by atoms with Gasteiger partial charge in [0.05, 0.1) is 5.69 Å². The topological polar surface area (TPSA) is 51.2 Å². The maximum absolute atomic E-state index is 13.2. The monoisotopic (exact) mass is 392 g/mol. The van der Waals surface area contributed by atoms with E-state index in [1.807, 2.05) is 12.1 Å². The van der Waals surface area contributed by atoms with Crippen LogP contribution in [0.5, 0.6) is 0 Å². The minimum atomic E-state index is -0.597. The third-order valence-corrected chi connectivity index (χ3v) is 4.56. The summed E-state index contributed by atoms with van der Waals surface area (Å²) >= 11 is 5.88. The Bertz CT molecular complexity index is 1070. The lowest BCUT2D eigenvalue weighted by Crippen LogP contribution is -2.20. The maximum atomic E-state index is 13.2. The van der Waals surface area contributed by atoms with Crippen molar-refractivity contribution in [1.29, 1.82) is 0 Å². The number of rotatable bonds is 2. The number of carbonyl (C=O) groups is 1. The number of nitrogens with one attached hydrogen (secondary N) is 1. The van der Waals surface area contributed by atoms with Crippen LogP contribution in [0.3, 0.4) is 0 Å². The van der Waals surface area contributed by atoms with Gasteiger partial charge in [-0.15, -0.1) is 0 Å². The smallest absolute Gasteiger partial charge is 0.408 e. The lowest BCUT2D eigenvalue weighted by atomic mass is 9.99. The number of benzene rings is 2. The minimum absolute atomic E-state index is 0.352. The average Bonchev–Trinajstić information content (AvgIpc) is 3.10. The first-order valence-electron chi connectivity index (χ1n) is 8.55. The van der Waals surface area contributed by atoms with Gasteiger partial charge in [-0.05, 0) is 54.1 Å². The van der Waals surface area contributed by atoms with E-state index < -0.39 is 18.2 Å². The summed E-state index contributed by atoms with van der Waals surface area (Å²) < 4.78 is 18.6. The number of ether oxygens (including phenoxy) is 1. The van der Waals surface area contributed by atoms with Crippen LogP contribution < -0.4 is 5.32 Å². The molecule has 1 aliphatic rings. The van der Waals surface area contributed by atoms with Crippen LogP contribution in [0.1, 0.15) is 34.5 Å². The molecule has 4 rings (SSSR count). The molecule has 0 aliphatic carbocycles. The molecule has 4 nitrogen and oxygen atoms in total. The highest BCUT2D eigenvalue weighted by molar-refractivity contribution is 6.30. The Morgan fingerprint density at radius 3 is 2.46 bits per heavy atom. The second kappa shape index (κ2) is 7.71. The molecule has 138 valence electrons. The Balaban J connectivity index is 1.61. The van der Waals surface area contributed by atoms with E-state index in [2.05, 4.69) is 22.1 Å². The molecule has 1 aliphatic heterocycles. The van der Waals surface area contributed by atoms with E-state index in [1.165, 1.54) is 12.1 Å². The van der Waals surface area contributed by atoms with Gasteiger partial charge in [0.15, 0.2) is 6.10 Å².